The molecule has 0 aliphatic carbocycles. The van der Waals surface area contributed by atoms with Crippen molar-refractivity contribution in [1.82, 2.24) is 5.32 Å². The van der Waals surface area contributed by atoms with Crippen LogP contribution in [-0.4, -0.2) is 24.7 Å². The van der Waals surface area contributed by atoms with Gasteiger partial charge in [-0.1, -0.05) is 42.2 Å². The van der Waals surface area contributed by atoms with E-state index in [0.29, 0.717) is 24.3 Å². The van der Waals surface area contributed by atoms with Crippen LogP contribution in [-0.2, 0) is 11.3 Å². The molecule has 0 aliphatic rings. The Labute approximate surface area is 151 Å². The second-order valence-electron chi connectivity index (χ2n) is 5.18. The summed E-state index contributed by atoms with van der Waals surface area (Å²) in [5.74, 6) is 6.13. The van der Waals surface area contributed by atoms with Crippen molar-refractivity contribution in [3.05, 3.63) is 69.8 Å². The highest BCUT2D eigenvalue weighted by molar-refractivity contribution is 5.67. The molecule has 7 nitrogen and oxygen atoms in total. The number of nitro groups is 1. The molecule has 134 valence electrons. The van der Waals surface area contributed by atoms with Gasteiger partial charge in [-0.2, -0.15) is 0 Å². The van der Waals surface area contributed by atoms with Crippen LogP contribution < -0.4 is 10.1 Å². The molecule has 0 heterocycles. The van der Waals surface area contributed by atoms with Crippen LogP contribution in [0.2, 0.25) is 0 Å². The molecule has 1 amide bonds. The number of methoxy groups -OCH3 is 1. The summed E-state index contributed by atoms with van der Waals surface area (Å²) >= 11 is 0. The van der Waals surface area contributed by atoms with Gasteiger partial charge in [0.15, 0.2) is 0 Å². The number of nitrogens with zero attached hydrogens (tertiary/aromatic N) is 1. The highest BCUT2D eigenvalue weighted by atomic mass is 16.6. The molecular formula is C19H18N2O5. The lowest BCUT2D eigenvalue weighted by atomic mass is 10.1. The minimum atomic E-state index is -0.524. The van der Waals surface area contributed by atoms with Crippen LogP contribution in [0.3, 0.4) is 0 Å². The Morgan fingerprint density at radius 3 is 2.69 bits per heavy atom. The molecule has 0 spiro atoms. The summed E-state index contributed by atoms with van der Waals surface area (Å²) in [6, 6.07) is 13.6. The molecule has 0 aromatic heterocycles. The molecule has 0 unspecified atom stereocenters. The number of carbonyl (C=O) groups is 1. The van der Waals surface area contributed by atoms with Crippen LogP contribution in [0, 0.1) is 22.0 Å². The van der Waals surface area contributed by atoms with Crippen molar-refractivity contribution in [3.8, 4) is 17.6 Å². The Morgan fingerprint density at radius 1 is 1.23 bits per heavy atom. The number of hydrogen-bond donors (Lipinski definition) is 1. The largest absolute Gasteiger partial charge is 0.495 e. The minimum Gasteiger partial charge on any atom is -0.495 e. The zero-order valence-electron chi connectivity index (χ0n) is 14.2. The van der Waals surface area contributed by atoms with Gasteiger partial charge in [-0.05, 0) is 11.6 Å². The minimum absolute atomic E-state index is 0.0577. The molecule has 0 atom stereocenters. The van der Waals surface area contributed by atoms with Gasteiger partial charge in [-0.3, -0.25) is 10.1 Å². The smallest absolute Gasteiger partial charge is 0.407 e. The van der Waals surface area contributed by atoms with Crippen molar-refractivity contribution in [2.45, 2.75) is 13.0 Å². The van der Waals surface area contributed by atoms with Gasteiger partial charge in [-0.15, -0.1) is 0 Å². The maximum absolute atomic E-state index is 11.6. The predicted octanol–water partition coefficient (Wildman–Crippen LogP) is 3.27. The summed E-state index contributed by atoms with van der Waals surface area (Å²) in [7, 11) is 1.47. The number of nitrogens with one attached hydrogen (secondary N) is 1. The van der Waals surface area contributed by atoms with Crippen molar-refractivity contribution in [2.24, 2.45) is 0 Å². The van der Waals surface area contributed by atoms with Crippen molar-refractivity contribution in [2.75, 3.05) is 13.7 Å². The van der Waals surface area contributed by atoms with E-state index in [0.717, 1.165) is 5.56 Å². The fourth-order valence-corrected chi connectivity index (χ4v) is 2.07. The number of alkyl carbamates (subject to hydrolysis) is 1. The van der Waals surface area contributed by atoms with Crippen molar-refractivity contribution >= 4 is 11.8 Å². The average Bonchev–Trinajstić information content (AvgIpc) is 2.66. The Balaban J connectivity index is 1.80. The molecule has 0 fully saturated rings. The second-order valence-corrected chi connectivity index (χ2v) is 5.18. The summed E-state index contributed by atoms with van der Waals surface area (Å²) in [6.45, 7) is 0.501. The molecule has 0 aliphatic heterocycles. The van der Waals surface area contributed by atoms with Gasteiger partial charge in [-0.25, -0.2) is 4.79 Å². The molecule has 26 heavy (non-hydrogen) atoms. The second kappa shape index (κ2) is 9.69. The molecule has 0 radical (unpaired) electrons. The molecule has 7 heteroatoms. The Hall–Kier alpha value is -3.53. The van der Waals surface area contributed by atoms with E-state index >= 15 is 0 Å². The van der Waals surface area contributed by atoms with Gasteiger partial charge in [0, 0.05) is 25.1 Å². The first-order valence-electron chi connectivity index (χ1n) is 7.86. The van der Waals surface area contributed by atoms with Gasteiger partial charge >= 0.3 is 6.09 Å². The van der Waals surface area contributed by atoms with Gasteiger partial charge in [0.05, 0.1) is 17.6 Å². The first-order chi connectivity index (χ1) is 12.6. The summed E-state index contributed by atoms with van der Waals surface area (Å²) in [6.07, 6.45) is -0.157. The third-order valence-corrected chi connectivity index (χ3v) is 3.35. The number of rotatable bonds is 6. The van der Waals surface area contributed by atoms with Gasteiger partial charge in [0.1, 0.15) is 12.4 Å². The fourth-order valence-electron chi connectivity index (χ4n) is 2.07. The molecule has 2 rings (SSSR count). The summed E-state index contributed by atoms with van der Waals surface area (Å²) in [5, 5.41) is 13.4. The van der Waals surface area contributed by atoms with Crippen LogP contribution >= 0.6 is 0 Å². The van der Waals surface area contributed by atoms with Crippen LogP contribution in [0.5, 0.6) is 5.75 Å². The maximum atomic E-state index is 11.6. The van der Waals surface area contributed by atoms with E-state index in [1.54, 1.807) is 0 Å². The third kappa shape index (κ3) is 5.83. The maximum Gasteiger partial charge on any atom is 0.407 e. The molecule has 0 saturated carbocycles. The molecule has 0 bridgehead atoms. The van der Waals surface area contributed by atoms with E-state index in [2.05, 4.69) is 17.2 Å². The number of amides is 1. The normalized spacial score (nSPS) is 9.58. The monoisotopic (exact) mass is 354 g/mol. The van der Waals surface area contributed by atoms with Crippen LogP contribution in [0.15, 0.2) is 48.5 Å². The van der Waals surface area contributed by atoms with E-state index < -0.39 is 11.0 Å². The number of nitro benzene ring substituents is 1. The summed E-state index contributed by atoms with van der Waals surface area (Å²) in [4.78, 5) is 21.9. The molecule has 2 aromatic rings. The molecule has 1 N–H and O–H groups in total. The van der Waals surface area contributed by atoms with E-state index in [-0.39, 0.29) is 12.3 Å². The highest BCUT2D eigenvalue weighted by Crippen LogP contribution is 2.22. The van der Waals surface area contributed by atoms with Crippen LogP contribution in [0.4, 0.5) is 10.5 Å². The zero-order chi connectivity index (χ0) is 18.8. The van der Waals surface area contributed by atoms with Crippen molar-refractivity contribution < 1.29 is 19.2 Å². The lowest BCUT2D eigenvalue weighted by molar-refractivity contribution is -0.384. The van der Waals surface area contributed by atoms with Gasteiger partial charge in [0.25, 0.3) is 5.69 Å². The van der Waals surface area contributed by atoms with Crippen molar-refractivity contribution in [3.63, 3.8) is 0 Å². The first-order valence-corrected chi connectivity index (χ1v) is 7.86. The van der Waals surface area contributed by atoms with Gasteiger partial charge in [0.2, 0.25) is 0 Å². The van der Waals surface area contributed by atoms with E-state index in [1.165, 1.54) is 25.3 Å². The Morgan fingerprint density at radius 2 is 2.00 bits per heavy atom. The Bertz CT molecular complexity index is 825. The number of non-ortho nitro benzene ring substituents is 1. The molecule has 0 saturated heterocycles. The van der Waals surface area contributed by atoms with E-state index in [1.807, 2.05) is 30.3 Å². The van der Waals surface area contributed by atoms with Crippen molar-refractivity contribution in [1.29, 1.82) is 0 Å². The lowest BCUT2D eigenvalue weighted by Crippen LogP contribution is -2.24. The average molecular weight is 354 g/mol. The Kier molecular flexibility index (Phi) is 7.01. The van der Waals surface area contributed by atoms with Crippen LogP contribution in [0.25, 0.3) is 0 Å². The number of ether oxygens (including phenoxy) is 2. The standard InChI is InChI=1S/C19H18N2O5/c1-25-18-11-10-17(21(23)24)13-16(18)9-5-6-12-20-19(22)26-14-15-7-3-2-4-8-15/h2-4,7-8,10-11,13H,6,12,14H2,1H3,(H,20,22). The van der Waals surface area contributed by atoms with E-state index in [9.17, 15) is 14.9 Å². The topological polar surface area (TPSA) is 90.7 Å². The highest BCUT2D eigenvalue weighted by Gasteiger charge is 2.09. The van der Waals surface area contributed by atoms with Crippen LogP contribution in [0.1, 0.15) is 17.5 Å². The zero-order valence-corrected chi connectivity index (χ0v) is 14.2. The quantitative estimate of drug-likeness (QED) is 0.372. The first kappa shape index (κ1) is 18.8. The fraction of sp³-hybridized carbons (Fsp3) is 0.211. The number of carbonyl (C=O) groups excluding carboxylic acids is 1. The van der Waals surface area contributed by atoms with E-state index in [4.69, 9.17) is 9.47 Å². The predicted molar refractivity (Wildman–Crippen MR) is 95.8 cm³/mol. The third-order valence-electron chi connectivity index (χ3n) is 3.35. The summed E-state index contributed by atoms with van der Waals surface area (Å²) < 4.78 is 10.2. The number of benzene rings is 2. The SMILES string of the molecule is COc1ccc([N+](=O)[O-])cc1C#CCCNC(=O)OCc1ccccc1. The molecular weight excluding hydrogens is 336 g/mol. The molecule has 2 aromatic carbocycles. The summed E-state index contributed by atoms with van der Waals surface area (Å²) in [5.41, 5.74) is 1.27. The van der Waals surface area contributed by atoms with Gasteiger partial charge < -0.3 is 14.8 Å². The number of hydrogen-bond acceptors (Lipinski definition) is 5. The lowest BCUT2D eigenvalue weighted by Gasteiger charge is -2.05.